The van der Waals surface area contributed by atoms with Gasteiger partial charge in [0.1, 0.15) is 22.6 Å². The van der Waals surface area contributed by atoms with Crippen LogP contribution in [-0.2, 0) is 0 Å². The Morgan fingerprint density at radius 1 is 1.30 bits per heavy atom. The second-order valence-electron chi connectivity index (χ2n) is 4.90. The van der Waals surface area contributed by atoms with E-state index in [1.165, 1.54) is 25.6 Å². The zero-order valence-corrected chi connectivity index (χ0v) is 12.3. The minimum Gasteiger partial charge on any atom is -0.507 e. The van der Waals surface area contributed by atoms with Crippen LogP contribution in [0.4, 0.5) is 0 Å². The number of pyridine rings is 1. The SMILES string of the molecule is COc1c(C(=O)CC(=O)c2cccnc2)c(O)cc2occc12. The first kappa shape index (κ1) is 14.8. The maximum atomic E-state index is 12.5. The van der Waals surface area contributed by atoms with E-state index in [4.69, 9.17) is 9.15 Å². The van der Waals surface area contributed by atoms with Crippen molar-refractivity contribution in [2.75, 3.05) is 7.11 Å². The van der Waals surface area contributed by atoms with Crippen LogP contribution in [0.5, 0.6) is 11.5 Å². The molecular weight excluding hydrogens is 298 g/mol. The number of nitrogens with zero attached hydrogens (tertiary/aromatic N) is 1. The van der Waals surface area contributed by atoms with Crippen LogP contribution in [0.1, 0.15) is 27.1 Å². The molecule has 3 rings (SSSR count). The van der Waals surface area contributed by atoms with Crippen molar-refractivity contribution in [1.29, 1.82) is 0 Å². The molecule has 0 amide bonds. The van der Waals surface area contributed by atoms with Gasteiger partial charge in [0.2, 0.25) is 0 Å². The number of Topliss-reactive ketones (excluding diaryl/α,β-unsaturated/α-hetero) is 2. The molecule has 1 aromatic carbocycles. The maximum absolute atomic E-state index is 12.5. The molecule has 116 valence electrons. The molecule has 0 spiro atoms. The lowest BCUT2D eigenvalue weighted by molar-refractivity contribution is 0.0891. The van der Waals surface area contributed by atoms with Crippen molar-refractivity contribution in [3.05, 3.63) is 54.0 Å². The molecule has 6 heteroatoms. The minimum atomic E-state index is -0.531. The molecule has 0 saturated heterocycles. The predicted molar refractivity (Wildman–Crippen MR) is 81.9 cm³/mol. The van der Waals surface area contributed by atoms with Gasteiger partial charge in [0.25, 0.3) is 0 Å². The average Bonchev–Trinajstić information content (AvgIpc) is 3.02. The van der Waals surface area contributed by atoms with Crippen molar-refractivity contribution in [1.82, 2.24) is 4.98 Å². The molecule has 1 N–H and O–H groups in total. The number of ether oxygens (including phenoxy) is 1. The number of phenolic OH excluding ortho intramolecular Hbond substituents is 1. The van der Waals surface area contributed by atoms with Crippen molar-refractivity contribution < 1.29 is 23.8 Å². The van der Waals surface area contributed by atoms with Crippen LogP contribution in [0.25, 0.3) is 11.0 Å². The van der Waals surface area contributed by atoms with Gasteiger partial charge in [0, 0.05) is 24.0 Å². The Labute approximate surface area is 131 Å². The van der Waals surface area contributed by atoms with Crippen LogP contribution in [0.15, 0.2) is 47.3 Å². The highest BCUT2D eigenvalue weighted by atomic mass is 16.5. The van der Waals surface area contributed by atoms with Crippen LogP contribution >= 0.6 is 0 Å². The highest BCUT2D eigenvalue weighted by molar-refractivity contribution is 6.17. The van der Waals surface area contributed by atoms with Gasteiger partial charge in [-0.1, -0.05) is 0 Å². The summed E-state index contributed by atoms with van der Waals surface area (Å²) in [5.41, 5.74) is 0.705. The molecule has 3 aromatic rings. The molecule has 2 aromatic heterocycles. The van der Waals surface area contributed by atoms with Gasteiger partial charge in [-0.25, -0.2) is 0 Å². The van der Waals surface area contributed by atoms with E-state index in [1.807, 2.05) is 0 Å². The average molecular weight is 311 g/mol. The Bertz CT molecular complexity index is 883. The Morgan fingerprint density at radius 3 is 2.83 bits per heavy atom. The number of aromatic nitrogens is 1. The van der Waals surface area contributed by atoms with Crippen molar-refractivity contribution in [2.45, 2.75) is 6.42 Å². The second kappa shape index (κ2) is 5.92. The van der Waals surface area contributed by atoms with Crippen molar-refractivity contribution >= 4 is 22.5 Å². The number of aromatic hydroxyl groups is 1. The summed E-state index contributed by atoms with van der Waals surface area (Å²) in [4.78, 5) is 28.5. The number of hydrogen-bond donors (Lipinski definition) is 1. The van der Waals surface area contributed by atoms with E-state index >= 15 is 0 Å². The fraction of sp³-hybridized carbons (Fsp3) is 0.118. The fourth-order valence-corrected chi connectivity index (χ4v) is 2.41. The smallest absolute Gasteiger partial charge is 0.178 e. The highest BCUT2D eigenvalue weighted by Crippen LogP contribution is 2.37. The molecular formula is C17H13NO5. The number of carbonyl (C=O) groups excluding carboxylic acids is 2. The van der Waals surface area contributed by atoms with E-state index < -0.39 is 5.78 Å². The topological polar surface area (TPSA) is 89.6 Å². The third kappa shape index (κ3) is 2.66. The number of hydrogen-bond acceptors (Lipinski definition) is 6. The largest absolute Gasteiger partial charge is 0.507 e. The number of benzene rings is 1. The van der Waals surface area contributed by atoms with E-state index in [0.717, 1.165) is 0 Å². The maximum Gasteiger partial charge on any atom is 0.178 e. The molecule has 0 aliphatic carbocycles. The van der Waals surface area contributed by atoms with E-state index in [1.54, 1.807) is 24.4 Å². The van der Waals surface area contributed by atoms with Gasteiger partial charge in [-0.05, 0) is 18.2 Å². The Morgan fingerprint density at radius 2 is 2.13 bits per heavy atom. The monoisotopic (exact) mass is 311 g/mol. The van der Waals surface area contributed by atoms with Crippen LogP contribution in [0, 0.1) is 0 Å². The lowest BCUT2D eigenvalue weighted by atomic mass is 9.99. The quantitative estimate of drug-likeness (QED) is 0.575. The first-order valence-corrected chi connectivity index (χ1v) is 6.85. The van der Waals surface area contributed by atoms with Crippen molar-refractivity contribution in [2.24, 2.45) is 0 Å². The number of ketones is 2. The molecule has 23 heavy (non-hydrogen) atoms. The number of carbonyl (C=O) groups is 2. The molecule has 0 aliphatic rings. The van der Waals surface area contributed by atoms with Gasteiger partial charge < -0.3 is 14.3 Å². The van der Waals surface area contributed by atoms with Crippen molar-refractivity contribution in [3.8, 4) is 11.5 Å². The molecule has 0 fully saturated rings. The van der Waals surface area contributed by atoms with Gasteiger partial charge >= 0.3 is 0 Å². The molecule has 0 saturated carbocycles. The summed E-state index contributed by atoms with van der Waals surface area (Å²) in [6.07, 6.45) is 3.98. The summed E-state index contributed by atoms with van der Waals surface area (Å²) in [5.74, 6) is -1.00. The van der Waals surface area contributed by atoms with Crippen LogP contribution in [0.3, 0.4) is 0 Å². The molecule has 2 heterocycles. The summed E-state index contributed by atoms with van der Waals surface area (Å²) >= 11 is 0. The lowest BCUT2D eigenvalue weighted by Gasteiger charge is -2.10. The molecule has 0 aliphatic heterocycles. The van der Waals surface area contributed by atoms with Gasteiger partial charge in [-0.15, -0.1) is 0 Å². The van der Waals surface area contributed by atoms with E-state index in [2.05, 4.69) is 4.98 Å². The summed E-state index contributed by atoms with van der Waals surface area (Å²) in [6, 6.07) is 6.17. The Hall–Kier alpha value is -3.15. The highest BCUT2D eigenvalue weighted by Gasteiger charge is 2.24. The van der Waals surface area contributed by atoms with Crippen molar-refractivity contribution in [3.63, 3.8) is 0 Å². The molecule has 0 bridgehead atoms. The van der Waals surface area contributed by atoms with E-state index in [-0.39, 0.29) is 29.3 Å². The zero-order valence-electron chi connectivity index (χ0n) is 12.3. The number of fused-ring (bicyclic) bond motifs is 1. The zero-order chi connectivity index (χ0) is 16.4. The summed E-state index contributed by atoms with van der Waals surface area (Å²) < 4.78 is 10.4. The Balaban J connectivity index is 1.98. The molecule has 6 nitrogen and oxygen atoms in total. The molecule has 0 atom stereocenters. The summed E-state index contributed by atoms with van der Waals surface area (Å²) in [6.45, 7) is 0. The summed E-state index contributed by atoms with van der Waals surface area (Å²) in [5, 5.41) is 10.7. The first-order chi connectivity index (χ1) is 11.1. The Kier molecular flexibility index (Phi) is 3.80. The van der Waals surface area contributed by atoms with E-state index in [0.29, 0.717) is 16.5 Å². The van der Waals surface area contributed by atoms with Gasteiger partial charge in [0.05, 0.1) is 25.2 Å². The molecule has 0 radical (unpaired) electrons. The predicted octanol–water partition coefficient (Wildman–Crippen LogP) is 3.00. The normalized spacial score (nSPS) is 10.7. The standard InChI is InChI=1S/C17H13NO5/c1-22-17-11-4-6-23-15(11)8-14(21)16(17)13(20)7-12(19)10-3-2-5-18-9-10/h2-6,8-9,21H,7H2,1H3. The third-order valence-corrected chi connectivity index (χ3v) is 3.48. The van der Waals surface area contributed by atoms with Gasteiger partial charge in [-0.2, -0.15) is 0 Å². The van der Waals surface area contributed by atoms with Crippen LogP contribution < -0.4 is 4.74 Å². The minimum absolute atomic E-state index is 0.0290. The van der Waals surface area contributed by atoms with Gasteiger partial charge in [-0.3, -0.25) is 14.6 Å². The lowest BCUT2D eigenvalue weighted by Crippen LogP contribution is -2.10. The number of rotatable bonds is 5. The third-order valence-electron chi connectivity index (χ3n) is 3.48. The van der Waals surface area contributed by atoms with Crippen LogP contribution in [0.2, 0.25) is 0 Å². The summed E-state index contributed by atoms with van der Waals surface area (Å²) in [7, 11) is 1.39. The van der Waals surface area contributed by atoms with Gasteiger partial charge in [0.15, 0.2) is 11.6 Å². The number of furan rings is 1. The number of phenols is 1. The second-order valence-corrected chi connectivity index (χ2v) is 4.90. The first-order valence-electron chi connectivity index (χ1n) is 6.85. The van der Waals surface area contributed by atoms with Crippen LogP contribution in [-0.4, -0.2) is 28.8 Å². The number of methoxy groups -OCH3 is 1. The van der Waals surface area contributed by atoms with E-state index in [9.17, 15) is 14.7 Å². The molecule has 0 unspecified atom stereocenters. The fourth-order valence-electron chi connectivity index (χ4n) is 2.41.